The van der Waals surface area contributed by atoms with E-state index >= 15 is 0 Å². The van der Waals surface area contributed by atoms with E-state index in [1.807, 2.05) is 6.07 Å². The van der Waals surface area contributed by atoms with Crippen LogP contribution in [0.5, 0.6) is 0 Å². The van der Waals surface area contributed by atoms with Crippen molar-refractivity contribution in [3.8, 4) is 0 Å². The molecule has 0 radical (unpaired) electrons. The highest BCUT2D eigenvalue weighted by atomic mass is 16.3. The molecule has 1 aromatic rings. The van der Waals surface area contributed by atoms with Crippen LogP contribution < -0.4 is 10.3 Å². The Bertz CT molecular complexity index is 300. The Hall–Kier alpha value is -1.91. The van der Waals surface area contributed by atoms with Gasteiger partial charge in [-0.15, -0.1) is 4.91 Å². The molecule has 1 N–H and O–H groups in total. The minimum atomic E-state index is -0.554. The number of hydrogen-bond donors (Lipinski definition) is 1. The molecule has 0 aromatic heterocycles. The number of para-hydroxylation sites is 1. The zero-order valence-corrected chi connectivity index (χ0v) is 7.10. The standard InChI is InChI=1S/C8H9N3O2/c1-11(8(12)9-10-13)7-5-3-2-4-6-7/h2-6H,1H3,(H,9,12,13). The first-order valence-corrected chi connectivity index (χ1v) is 3.67. The number of nitroso groups, excluding NO2 is 1. The van der Waals surface area contributed by atoms with Crippen molar-refractivity contribution in [2.75, 3.05) is 11.9 Å². The number of nitrogens with one attached hydrogen (secondary N) is 1. The lowest BCUT2D eigenvalue weighted by atomic mass is 10.3. The number of amides is 2. The van der Waals surface area contributed by atoms with E-state index in [-0.39, 0.29) is 0 Å². The maximum Gasteiger partial charge on any atom is 0.344 e. The smallest absolute Gasteiger partial charge is 0.296 e. The molecule has 0 heterocycles. The Labute approximate surface area is 75.3 Å². The largest absolute Gasteiger partial charge is 0.344 e. The molecule has 0 saturated heterocycles. The van der Waals surface area contributed by atoms with Crippen molar-refractivity contribution in [1.82, 2.24) is 5.43 Å². The van der Waals surface area contributed by atoms with E-state index in [4.69, 9.17) is 0 Å². The molecule has 68 valence electrons. The normalized spacial score (nSPS) is 9.00. The van der Waals surface area contributed by atoms with Gasteiger partial charge in [0.1, 0.15) is 0 Å². The molecule has 0 atom stereocenters. The highest BCUT2D eigenvalue weighted by Gasteiger charge is 2.08. The van der Waals surface area contributed by atoms with Crippen LogP contribution in [-0.4, -0.2) is 13.1 Å². The molecule has 0 unspecified atom stereocenters. The molecule has 0 spiro atoms. The van der Waals surface area contributed by atoms with Crippen LogP contribution in [0.2, 0.25) is 0 Å². The number of hydrogen-bond acceptors (Lipinski definition) is 3. The van der Waals surface area contributed by atoms with Gasteiger partial charge in [-0.2, -0.15) is 5.43 Å². The summed E-state index contributed by atoms with van der Waals surface area (Å²) >= 11 is 0. The highest BCUT2D eigenvalue weighted by molar-refractivity contribution is 5.90. The Morgan fingerprint density at radius 1 is 1.38 bits per heavy atom. The fourth-order valence-corrected chi connectivity index (χ4v) is 0.883. The molecule has 0 bridgehead atoms. The van der Waals surface area contributed by atoms with Gasteiger partial charge in [0, 0.05) is 12.7 Å². The molecular weight excluding hydrogens is 170 g/mol. The predicted molar refractivity (Wildman–Crippen MR) is 49.2 cm³/mol. The minimum Gasteiger partial charge on any atom is -0.296 e. The monoisotopic (exact) mass is 179 g/mol. The molecule has 0 aliphatic heterocycles. The number of nitrogens with zero attached hydrogens (tertiary/aromatic N) is 2. The Morgan fingerprint density at radius 2 is 2.00 bits per heavy atom. The van der Waals surface area contributed by atoms with Crippen molar-refractivity contribution in [2.24, 2.45) is 5.29 Å². The van der Waals surface area contributed by atoms with Crippen molar-refractivity contribution in [3.05, 3.63) is 35.2 Å². The second-order valence-corrected chi connectivity index (χ2v) is 2.40. The van der Waals surface area contributed by atoms with Crippen LogP contribution in [0.1, 0.15) is 0 Å². The minimum absolute atomic E-state index is 0.554. The number of carbonyl (C=O) groups is 1. The highest BCUT2D eigenvalue weighted by Crippen LogP contribution is 2.10. The summed E-state index contributed by atoms with van der Waals surface area (Å²) in [5.41, 5.74) is 2.50. The summed E-state index contributed by atoms with van der Waals surface area (Å²) in [7, 11) is 1.55. The van der Waals surface area contributed by atoms with E-state index in [9.17, 15) is 9.70 Å². The van der Waals surface area contributed by atoms with Gasteiger partial charge in [0.25, 0.3) is 0 Å². The van der Waals surface area contributed by atoms with Crippen LogP contribution in [0.4, 0.5) is 10.5 Å². The van der Waals surface area contributed by atoms with Gasteiger partial charge in [-0.1, -0.05) is 18.2 Å². The second kappa shape index (κ2) is 4.20. The maximum absolute atomic E-state index is 11.1. The van der Waals surface area contributed by atoms with E-state index in [2.05, 4.69) is 5.29 Å². The lowest BCUT2D eigenvalue weighted by Gasteiger charge is -2.14. The fraction of sp³-hybridized carbons (Fsp3) is 0.125. The summed E-state index contributed by atoms with van der Waals surface area (Å²) in [6, 6.07) is 8.39. The number of anilines is 1. The zero-order chi connectivity index (χ0) is 9.68. The molecule has 0 aliphatic carbocycles. The third-order valence-corrected chi connectivity index (χ3v) is 1.59. The molecule has 5 nitrogen and oxygen atoms in total. The Kier molecular flexibility index (Phi) is 2.97. The number of urea groups is 1. The van der Waals surface area contributed by atoms with Crippen LogP contribution in [0.15, 0.2) is 35.6 Å². The van der Waals surface area contributed by atoms with Gasteiger partial charge in [0.15, 0.2) is 0 Å². The predicted octanol–water partition coefficient (Wildman–Crippen LogP) is 1.51. The van der Waals surface area contributed by atoms with Crippen molar-refractivity contribution in [3.63, 3.8) is 0 Å². The second-order valence-electron chi connectivity index (χ2n) is 2.40. The first kappa shape index (κ1) is 9.18. The van der Waals surface area contributed by atoms with E-state index in [1.54, 1.807) is 36.7 Å². The third kappa shape index (κ3) is 2.26. The lowest BCUT2D eigenvalue weighted by molar-refractivity contribution is 0.248. The van der Waals surface area contributed by atoms with Gasteiger partial charge >= 0.3 is 6.03 Å². The van der Waals surface area contributed by atoms with Crippen molar-refractivity contribution in [2.45, 2.75) is 0 Å². The summed E-state index contributed by atoms with van der Waals surface area (Å²) in [5, 5.41) is 2.29. The van der Waals surface area contributed by atoms with Crippen molar-refractivity contribution < 1.29 is 4.79 Å². The summed E-state index contributed by atoms with van der Waals surface area (Å²) in [6.45, 7) is 0. The van der Waals surface area contributed by atoms with Gasteiger partial charge in [-0.25, -0.2) is 4.79 Å². The summed E-state index contributed by atoms with van der Waals surface area (Å²) in [5.74, 6) is 0. The average Bonchev–Trinajstić information content (AvgIpc) is 2.18. The fourth-order valence-electron chi connectivity index (χ4n) is 0.883. The summed E-state index contributed by atoms with van der Waals surface area (Å²) in [6.07, 6.45) is 0. The van der Waals surface area contributed by atoms with Crippen LogP contribution in [0.25, 0.3) is 0 Å². The van der Waals surface area contributed by atoms with E-state index < -0.39 is 6.03 Å². The van der Waals surface area contributed by atoms with Gasteiger partial charge in [-0.05, 0) is 12.1 Å². The SMILES string of the molecule is CN(C(=O)NN=O)c1ccccc1. The number of benzene rings is 1. The molecule has 1 rings (SSSR count). The third-order valence-electron chi connectivity index (χ3n) is 1.59. The first-order chi connectivity index (χ1) is 6.25. The van der Waals surface area contributed by atoms with Crippen LogP contribution in [0.3, 0.4) is 0 Å². The molecule has 2 amide bonds. The van der Waals surface area contributed by atoms with Gasteiger partial charge in [0.05, 0.1) is 5.29 Å². The quantitative estimate of drug-likeness (QED) is 0.552. The molecule has 0 fully saturated rings. The molecule has 1 aromatic carbocycles. The molecule has 5 heteroatoms. The molecular formula is C8H9N3O2. The van der Waals surface area contributed by atoms with Crippen molar-refractivity contribution >= 4 is 11.7 Å². The van der Waals surface area contributed by atoms with Gasteiger partial charge in [-0.3, -0.25) is 4.90 Å². The average molecular weight is 179 g/mol. The summed E-state index contributed by atoms with van der Waals surface area (Å²) < 4.78 is 0. The number of rotatable bonds is 2. The van der Waals surface area contributed by atoms with E-state index in [0.717, 1.165) is 0 Å². The van der Waals surface area contributed by atoms with Crippen molar-refractivity contribution in [1.29, 1.82) is 0 Å². The maximum atomic E-state index is 11.1. The summed E-state index contributed by atoms with van der Waals surface area (Å²) in [4.78, 5) is 22.1. The topological polar surface area (TPSA) is 61.8 Å². The Balaban J connectivity index is 2.73. The van der Waals surface area contributed by atoms with E-state index in [0.29, 0.717) is 5.69 Å². The van der Waals surface area contributed by atoms with Crippen LogP contribution in [0, 0.1) is 4.91 Å². The molecule has 0 saturated carbocycles. The van der Waals surface area contributed by atoms with Gasteiger partial charge in [0.2, 0.25) is 0 Å². The first-order valence-electron chi connectivity index (χ1n) is 3.67. The zero-order valence-electron chi connectivity index (χ0n) is 7.10. The lowest BCUT2D eigenvalue weighted by Crippen LogP contribution is -2.33. The van der Waals surface area contributed by atoms with Crippen LogP contribution >= 0.6 is 0 Å². The van der Waals surface area contributed by atoms with E-state index in [1.165, 1.54) is 4.90 Å². The molecule has 13 heavy (non-hydrogen) atoms. The Morgan fingerprint density at radius 3 is 2.54 bits per heavy atom. The van der Waals surface area contributed by atoms with Crippen LogP contribution in [-0.2, 0) is 0 Å². The van der Waals surface area contributed by atoms with Gasteiger partial charge < -0.3 is 0 Å². The number of carbonyl (C=O) groups excluding carboxylic acids is 1. The molecule has 0 aliphatic rings.